The average Bonchev–Trinajstić information content (AvgIpc) is 2.99. The summed E-state index contributed by atoms with van der Waals surface area (Å²) in [5.41, 5.74) is 2.15. The molecule has 2 heterocycles. The number of halogens is 1. The van der Waals surface area contributed by atoms with Gasteiger partial charge >= 0.3 is 6.09 Å². The zero-order valence-electron chi connectivity index (χ0n) is 22.3. The fraction of sp³-hybridized carbons (Fsp3) is 0.345. The largest absolute Gasteiger partial charge is 0.492 e. The third-order valence-corrected chi connectivity index (χ3v) is 9.32. The predicted molar refractivity (Wildman–Crippen MR) is 147 cm³/mol. The van der Waals surface area contributed by atoms with Crippen LogP contribution in [0.4, 0.5) is 9.18 Å². The van der Waals surface area contributed by atoms with Crippen LogP contribution >= 0.6 is 0 Å². The molecule has 0 saturated carbocycles. The number of likely N-dealkylation sites (tertiary alicyclic amines) is 1. The first-order valence-corrected chi connectivity index (χ1v) is 14.9. The second kappa shape index (κ2) is 12.4. The number of rotatable bonds is 9. The van der Waals surface area contributed by atoms with Crippen LogP contribution in [0.3, 0.4) is 0 Å². The van der Waals surface area contributed by atoms with Crippen molar-refractivity contribution in [2.75, 3.05) is 32.8 Å². The summed E-state index contributed by atoms with van der Waals surface area (Å²) in [5.74, 6) is 0.792. The first kappa shape index (κ1) is 28.8. The molecule has 1 fully saturated rings. The number of sulfone groups is 1. The van der Waals surface area contributed by atoms with Gasteiger partial charge in [0.1, 0.15) is 29.7 Å². The van der Waals surface area contributed by atoms with Crippen molar-refractivity contribution in [2.24, 2.45) is 0 Å². The molecule has 3 N–H and O–H groups in total. The van der Waals surface area contributed by atoms with Crippen LogP contribution in [0.5, 0.6) is 17.2 Å². The second-order valence-electron chi connectivity index (χ2n) is 9.86. The van der Waals surface area contributed by atoms with Gasteiger partial charge in [0.2, 0.25) is 9.84 Å². The van der Waals surface area contributed by atoms with Crippen LogP contribution < -0.4 is 20.3 Å². The van der Waals surface area contributed by atoms with Crippen LogP contribution in [0.1, 0.15) is 30.4 Å². The lowest BCUT2D eigenvalue weighted by Gasteiger charge is -2.38. The number of benzene rings is 3. The molecule has 41 heavy (non-hydrogen) atoms. The fourth-order valence-corrected chi connectivity index (χ4v) is 7.00. The van der Waals surface area contributed by atoms with Crippen molar-refractivity contribution in [1.29, 1.82) is 0 Å². The summed E-state index contributed by atoms with van der Waals surface area (Å²) < 4.78 is 58.8. The van der Waals surface area contributed by atoms with Crippen molar-refractivity contribution in [3.05, 3.63) is 83.7 Å². The number of carbonyl (C=O) groups is 1. The average molecular weight is 586 g/mol. The minimum absolute atomic E-state index is 0.156. The third kappa shape index (κ3) is 6.15. The van der Waals surface area contributed by atoms with Crippen molar-refractivity contribution < 1.29 is 37.0 Å². The van der Waals surface area contributed by atoms with E-state index in [-0.39, 0.29) is 17.0 Å². The van der Waals surface area contributed by atoms with Gasteiger partial charge in [-0.15, -0.1) is 0 Å². The number of hydroxylamine groups is 1. The van der Waals surface area contributed by atoms with Crippen molar-refractivity contribution in [2.45, 2.75) is 35.6 Å². The van der Waals surface area contributed by atoms with Crippen LogP contribution in [0.15, 0.2) is 71.6 Å². The van der Waals surface area contributed by atoms with E-state index in [1.54, 1.807) is 18.2 Å². The maximum Gasteiger partial charge on any atom is 0.433 e. The monoisotopic (exact) mass is 585 g/mol. The zero-order chi connectivity index (χ0) is 28.9. The predicted octanol–water partition coefficient (Wildman–Crippen LogP) is 4.33. The number of carbonyl (C=O) groups excluding carboxylic acids is 1. The topological polar surface area (TPSA) is 126 Å². The van der Waals surface area contributed by atoms with Gasteiger partial charge in [0.05, 0.1) is 4.90 Å². The Morgan fingerprint density at radius 2 is 1.68 bits per heavy atom. The summed E-state index contributed by atoms with van der Waals surface area (Å²) in [6, 6.07) is 15.9. The molecule has 0 bridgehead atoms. The standard InChI is InChI=1S/C29H32FN3O7S/c30-21-7-9-22(10-8-21)39-23-11-13-24(14-12-23)41(36,37)29(40-28(34)32-35)26-5-4-6-27(25(26)15-16-31-29)38-20-19-33-17-2-1-3-18-33/h4-14,31,35H,1-3,15-20H2,(H,32,34). The van der Waals surface area contributed by atoms with E-state index in [1.807, 2.05) is 0 Å². The molecule has 1 saturated heterocycles. The molecule has 1 atom stereocenters. The Kier molecular flexibility index (Phi) is 8.74. The number of hydrogen-bond acceptors (Lipinski definition) is 9. The molecule has 3 aromatic carbocycles. The zero-order valence-corrected chi connectivity index (χ0v) is 23.2. The maximum atomic E-state index is 14.2. The summed E-state index contributed by atoms with van der Waals surface area (Å²) in [7, 11) is -4.47. The summed E-state index contributed by atoms with van der Waals surface area (Å²) in [5, 5.41) is 9.76. The van der Waals surface area contributed by atoms with E-state index < -0.39 is 26.8 Å². The van der Waals surface area contributed by atoms with Crippen molar-refractivity contribution in [3.63, 3.8) is 0 Å². The lowest BCUT2D eigenvalue weighted by atomic mass is 9.98. The lowest BCUT2D eigenvalue weighted by molar-refractivity contribution is 0.0129. The van der Waals surface area contributed by atoms with Gasteiger partial charge in [-0.1, -0.05) is 18.6 Å². The van der Waals surface area contributed by atoms with Gasteiger partial charge in [-0.2, -0.15) is 0 Å². The molecule has 1 amide bonds. The Balaban J connectivity index is 1.44. The molecule has 0 spiro atoms. The maximum absolute atomic E-state index is 14.2. The van der Waals surface area contributed by atoms with Gasteiger partial charge in [0.15, 0.2) is 0 Å². The minimum Gasteiger partial charge on any atom is -0.492 e. The van der Waals surface area contributed by atoms with Gasteiger partial charge in [0, 0.05) is 24.2 Å². The number of piperidine rings is 1. The first-order valence-electron chi connectivity index (χ1n) is 13.5. The molecule has 0 aliphatic carbocycles. The van der Waals surface area contributed by atoms with E-state index in [4.69, 9.17) is 14.2 Å². The Labute approximate surface area is 237 Å². The Hall–Kier alpha value is -3.71. The van der Waals surface area contributed by atoms with E-state index in [1.165, 1.54) is 60.4 Å². The van der Waals surface area contributed by atoms with Gasteiger partial charge in [-0.3, -0.25) is 15.4 Å². The SMILES string of the molecule is O=C(NO)OC1(S(=O)(=O)c2ccc(Oc3ccc(F)cc3)cc2)NCCc2c(OCCN3CCCCC3)cccc21. The van der Waals surface area contributed by atoms with Crippen LogP contribution in [0, 0.1) is 5.82 Å². The number of nitrogens with one attached hydrogen (secondary N) is 2. The van der Waals surface area contributed by atoms with Crippen LogP contribution in [-0.4, -0.2) is 57.4 Å². The Morgan fingerprint density at radius 1 is 1.00 bits per heavy atom. The molecule has 3 aromatic rings. The first-order chi connectivity index (χ1) is 19.8. The summed E-state index contributed by atoms with van der Waals surface area (Å²) >= 11 is 0. The molecule has 1 unspecified atom stereocenters. The van der Waals surface area contributed by atoms with Crippen molar-refractivity contribution in [3.8, 4) is 17.2 Å². The molecular formula is C29H32FN3O7S. The highest BCUT2D eigenvalue weighted by Gasteiger charge is 2.53. The highest BCUT2D eigenvalue weighted by atomic mass is 32.2. The fourth-order valence-electron chi connectivity index (χ4n) is 5.21. The smallest absolute Gasteiger partial charge is 0.433 e. The van der Waals surface area contributed by atoms with Gasteiger partial charge in [-0.05, 0) is 86.9 Å². The molecule has 5 rings (SSSR count). The molecule has 0 aromatic heterocycles. The number of hydrogen-bond donors (Lipinski definition) is 3. The molecule has 10 nitrogen and oxygen atoms in total. The van der Waals surface area contributed by atoms with E-state index >= 15 is 0 Å². The van der Waals surface area contributed by atoms with E-state index in [0.717, 1.165) is 32.5 Å². The number of nitrogens with zero attached hydrogens (tertiary/aromatic N) is 1. The molecule has 2 aliphatic rings. The lowest BCUT2D eigenvalue weighted by Crippen LogP contribution is -2.56. The van der Waals surface area contributed by atoms with Crippen LogP contribution in [0.25, 0.3) is 0 Å². The number of amides is 1. The van der Waals surface area contributed by atoms with Gasteiger partial charge in [0.25, 0.3) is 5.06 Å². The third-order valence-electron chi connectivity index (χ3n) is 7.22. The van der Waals surface area contributed by atoms with E-state index in [0.29, 0.717) is 35.8 Å². The van der Waals surface area contributed by atoms with E-state index in [2.05, 4.69) is 10.2 Å². The number of fused-ring (bicyclic) bond motifs is 1. The summed E-state index contributed by atoms with van der Waals surface area (Å²) in [4.78, 5) is 14.5. The normalized spacial score (nSPS) is 19.2. The van der Waals surface area contributed by atoms with Crippen molar-refractivity contribution in [1.82, 2.24) is 15.7 Å². The van der Waals surface area contributed by atoms with E-state index in [9.17, 15) is 22.8 Å². The molecule has 218 valence electrons. The van der Waals surface area contributed by atoms with Gasteiger partial charge in [-0.25, -0.2) is 23.1 Å². The molecular weight excluding hydrogens is 553 g/mol. The molecule has 0 radical (unpaired) electrons. The van der Waals surface area contributed by atoms with Gasteiger partial charge < -0.3 is 14.2 Å². The summed E-state index contributed by atoms with van der Waals surface area (Å²) in [6.07, 6.45) is 2.65. The second-order valence-corrected chi connectivity index (χ2v) is 11.9. The highest BCUT2D eigenvalue weighted by Crippen LogP contribution is 2.42. The number of ether oxygens (including phenoxy) is 3. The summed E-state index contributed by atoms with van der Waals surface area (Å²) in [6.45, 7) is 3.39. The Bertz CT molecular complexity index is 1460. The van der Waals surface area contributed by atoms with Crippen LogP contribution in [-0.2, 0) is 26.1 Å². The van der Waals surface area contributed by atoms with Crippen LogP contribution in [0.2, 0.25) is 0 Å². The quantitative estimate of drug-likeness (QED) is 0.249. The minimum atomic E-state index is -4.47. The molecule has 2 aliphatic heterocycles. The van der Waals surface area contributed by atoms with Crippen molar-refractivity contribution >= 4 is 15.9 Å². The molecule has 12 heteroatoms. The Morgan fingerprint density at radius 3 is 2.37 bits per heavy atom. The highest BCUT2D eigenvalue weighted by molar-refractivity contribution is 7.92.